The van der Waals surface area contributed by atoms with Crippen LogP contribution in [0.3, 0.4) is 0 Å². The van der Waals surface area contributed by atoms with Crippen LogP contribution >= 0.6 is 0 Å². The second-order valence-corrected chi connectivity index (χ2v) is 4.56. The van der Waals surface area contributed by atoms with Crippen LogP contribution in [0.5, 0.6) is 0 Å². The van der Waals surface area contributed by atoms with Crippen LogP contribution in [0.15, 0.2) is 20.4 Å². The molecule has 0 unspecified atom stereocenters. The molecule has 0 amide bonds. The van der Waals surface area contributed by atoms with Gasteiger partial charge >= 0.3 is 5.69 Å². The summed E-state index contributed by atoms with van der Waals surface area (Å²) in [6.45, 7) is 0.349. The topological polar surface area (TPSA) is 127 Å². The fraction of sp³-hybridized carbons (Fsp3) is 0.364. The molecular weight excluding hydrogens is 278 g/mol. The van der Waals surface area contributed by atoms with E-state index >= 15 is 0 Å². The molecule has 0 saturated carbocycles. The summed E-state index contributed by atoms with van der Waals surface area (Å²) < 4.78 is 8.83. The van der Waals surface area contributed by atoms with Gasteiger partial charge in [-0.2, -0.15) is 4.98 Å². The van der Waals surface area contributed by atoms with E-state index in [1.807, 2.05) is 0 Å². The first-order chi connectivity index (χ1) is 10.0. The zero-order valence-electron chi connectivity index (χ0n) is 11.5. The number of nitrogens with zero attached hydrogens (tertiary/aromatic N) is 6. The molecule has 110 valence electrons. The summed E-state index contributed by atoms with van der Waals surface area (Å²) in [6.07, 6.45) is 1.46. The third kappa shape index (κ3) is 1.96. The lowest BCUT2D eigenvalue weighted by Gasteiger charge is -2.04. The van der Waals surface area contributed by atoms with Gasteiger partial charge in [-0.3, -0.25) is 13.9 Å². The van der Waals surface area contributed by atoms with Crippen LogP contribution < -0.4 is 17.0 Å². The molecule has 21 heavy (non-hydrogen) atoms. The second-order valence-electron chi connectivity index (χ2n) is 4.56. The molecule has 0 radical (unpaired) electrons. The number of aryl methyl sites for hydroxylation is 1. The average molecular weight is 291 g/mol. The normalized spacial score (nSPS) is 11.4. The van der Waals surface area contributed by atoms with Crippen molar-refractivity contribution in [1.82, 2.24) is 28.8 Å². The molecule has 0 aliphatic heterocycles. The van der Waals surface area contributed by atoms with E-state index in [1.165, 1.54) is 17.9 Å². The van der Waals surface area contributed by atoms with Crippen LogP contribution in [0.2, 0.25) is 0 Å². The lowest BCUT2D eigenvalue weighted by Crippen LogP contribution is -2.37. The molecule has 2 N–H and O–H groups in total. The first-order valence-electron chi connectivity index (χ1n) is 6.15. The predicted molar refractivity (Wildman–Crippen MR) is 71.5 cm³/mol. The monoisotopic (exact) mass is 291 g/mol. The zero-order chi connectivity index (χ0) is 15.1. The van der Waals surface area contributed by atoms with Crippen molar-refractivity contribution in [1.29, 1.82) is 0 Å². The van der Waals surface area contributed by atoms with Crippen molar-refractivity contribution in [2.45, 2.75) is 13.1 Å². The van der Waals surface area contributed by atoms with Gasteiger partial charge in [-0.15, -0.1) is 0 Å². The molecular formula is C11H13N7O3. The van der Waals surface area contributed by atoms with E-state index in [0.29, 0.717) is 22.9 Å². The Morgan fingerprint density at radius 2 is 2.05 bits per heavy atom. The maximum atomic E-state index is 12.2. The molecule has 3 aromatic rings. The van der Waals surface area contributed by atoms with Gasteiger partial charge in [0.15, 0.2) is 17.0 Å². The Labute approximate surface area is 117 Å². The Hall–Kier alpha value is -2.75. The van der Waals surface area contributed by atoms with Gasteiger partial charge in [-0.1, -0.05) is 5.16 Å². The van der Waals surface area contributed by atoms with Crippen molar-refractivity contribution < 1.29 is 4.52 Å². The first-order valence-corrected chi connectivity index (χ1v) is 6.15. The Kier molecular flexibility index (Phi) is 2.94. The molecule has 0 atom stereocenters. The van der Waals surface area contributed by atoms with Crippen molar-refractivity contribution in [2.24, 2.45) is 19.8 Å². The predicted octanol–water partition coefficient (Wildman–Crippen LogP) is -1.68. The van der Waals surface area contributed by atoms with Crippen molar-refractivity contribution in [3.05, 3.63) is 38.9 Å². The van der Waals surface area contributed by atoms with E-state index in [2.05, 4.69) is 15.1 Å². The van der Waals surface area contributed by atoms with Crippen LogP contribution in [0, 0.1) is 0 Å². The van der Waals surface area contributed by atoms with Crippen LogP contribution in [0.1, 0.15) is 11.7 Å². The largest absolute Gasteiger partial charge is 0.338 e. The average Bonchev–Trinajstić information content (AvgIpc) is 3.10. The number of hydrogen-bond donors (Lipinski definition) is 1. The Morgan fingerprint density at radius 1 is 1.29 bits per heavy atom. The minimum atomic E-state index is -0.428. The van der Waals surface area contributed by atoms with Gasteiger partial charge in [0.1, 0.15) is 0 Å². The van der Waals surface area contributed by atoms with Crippen molar-refractivity contribution in [3.63, 3.8) is 0 Å². The number of rotatable bonds is 3. The standard InChI is InChI=1S/C11H13N7O3/c1-16-9-8(10(19)17(2)11(16)20)18(5-13-9)4-6-14-7(3-12)21-15-6/h5H,3-4,12H2,1-2H3. The zero-order valence-corrected chi connectivity index (χ0v) is 11.5. The van der Waals surface area contributed by atoms with Crippen LogP contribution in [0.4, 0.5) is 0 Å². The van der Waals surface area contributed by atoms with E-state index < -0.39 is 11.2 Å². The fourth-order valence-electron chi connectivity index (χ4n) is 2.11. The highest BCUT2D eigenvalue weighted by atomic mass is 16.5. The highest BCUT2D eigenvalue weighted by Gasteiger charge is 2.15. The molecule has 3 aromatic heterocycles. The number of hydrogen-bond acceptors (Lipinski definition) is 7. The summed E-state index contributed by atoms with van der Waals surface area (Å²) in [4.78, 5) is 32.3. The van der Waals surface area contributed by atoms with Crippen LogP contribution in [-0.2, 0) is 27.2 Å². The van der Waals surface area contributed by atoms with Gasteiger partial charge < -0.3 is 14.8 Å². The van der Waals surface area contributed by atoms with Gasteiger partial charge in [0, 0.05) is 14.1 Å². The summed E-state index contributed by atoms with van der Waals surface area (Å²) in [5.41, 5.74) is 5.16. The molecule has 0 bridgehead atoms. The van der Waals surface area contributed by atoms with Crippen molar-refractivity contribution >= 4 is 11.2 Å². The van der Waals surface area contributed by atoms with Gasteiger partial charge in [-0.25, -0.2) is 9.78 Å². The molecule has 0 fully saturated rings. The molecule has 3 rings (SSSR count). The van der Waals surface area contributed by atoms with E-state index in [9.17, 15) is 9.59 Å². The molecule has 10 nitrogen and oxygen atoms in total. The third-order valence-corrected chi connectivity index (χ3v) is 3.21. The number of nitrogens with two attached hydrogens (primary N) is 1. The Morgan fingerprint density at radius 3 is 2.71 bits per heavy atom. The molecule has 0 aliphatic carbocycles. The lowest BCUT2D eigenvalue weighted by atomic mass is 10.4. The first kappa shape index (κ1) is 13.2. The van der Waals surface area contributed by atoms with Crippen LogP contribution in [-0.4, -0.2) is 28.8 Å². The summed E-state index contributed by atoms with van der Waals surface area (Å²) in [6, 6.07) is 0. The quantitative estimate of drug-likeness (QED) is 0.610. The lowest BCUT2D eigenvalue weighted by molar-refractivity contribution is 0.373. The SMILES string of the molecule is Cn1c(=O)c2c(ncn2Cc2noc(CN)n2)n(C)c1=O. The molecule has 3 heterocycles. The van der Waals surface area contributed by atoms with E-state index in [4.69, 9.17) is 10.3 Å². The maximum Gasteiger partial charge on any atom is 0.332 e. The van der Waals surface area contributed by atoms with E-state index in [1.54, 1.807) is 11.6 Å². The smallest absolute Gasteiger partial charge is 0.332 e. The van der Waals surface area contributed by atoms with E-state index in [0.717, 1.165) is 4.57 Å². The highest BCUT2D eigenvalue weighted by Crippen LogP contribution is 2.07. The summed E-state index contributed by atoms with van der Waals surface area (Å²) >= 11 is 0. The Bertz CT molecular complexity index is 930. The van der Waals surface area contributed by atoms with Crippen molar-refractivity contribution in [3.8, 4) is 0 Å². The molecule has 0 aliphatic rings. The fourth-order valence-corrected chi connectivity index (χ4v) is 2.11. The second kappa shape index (κ2) is 4.66. The number of fused-ring (bicyclic) bond motifs is 1. The minimum Gasteiger partial charge on any atom is -0.338 e. The summed E-state index contributed by atoms with van der Waals surface area (Å²) in [5.74, 6) is 0.695. The molecule has 0 spiro atoms. The summed E-state index contributed by atoms with van der Waals surface area (Å²) in [5, 5.41) is 3.77. The van der Waals surface area contributed by atoms with Gasteiger partial charge in [-0.05, 0) is 0 Å². The molecule has 0 aromatic carbocycles. The number of imidazole rings is 1. The number of aromatic nitrogens is 6. The van der Waals surface area contributed by atoms with Gasteiger partial charge in [0.2, 0.25) is 5.89 Å². The van der Waals surface area contributed by atoms with Gasteiger partial charge in [0.05, 0.1) is 19.4 Å². The van der Waals surface area contributed by atoms with E-state index in [-0.39, 0.29) is 13.1 Å². The Balaban J connectivity index is 2.16. The third-order valence-electron chi connectivity index (χ3n) is 3.21. The van der Waals surface area contributed by atoms with Crippen LogP contribution in [0.25, 0.3) is 11.2 Å². The maximum absolute atomic E-state index is 12.2. The summed E-state index contributed by atoms with van der Waals surface area (Å²) in [7, 11) is 2.98. The minimum absolute atomic E-state index is 0.147. The van der Waals surface area contributed by atoms with Crippen molar-refractivity contribution in [2.75, 3.05) is 0 Å². The molecule has 10 heteroatoms. The molecule has 0 saturated heterocycles. The van der Waals surface area contributed by atoms with Gasteiger partial charge in [0.25, 0.3) is 5.56 Å². The highest BCUT2D eigenvalue weighted by molar-refractivity contribution is 5.70.